The normalized spacial score (nSPS) is 16.7. The average Bonchev–Trinajstić information content (AvgIpc) is 2.82. The first-order chi connectivity index (χ1) is 11.1. The predicted octanol–water partition coefficient (Wildman–Crippen LogP) is 4.96. The van der Waals surface area contributed by atoms with Gasteiger partial charge in [0.2, 0.25) is 0 Å². The van der Waals surface area contributed by atoms with Crippen LogP contribution in [0.2, 0.25) is 0 Å². The van der Waals surface area contributed by atoms with Crippen molar-refractivity contribution in [1.82, 2.24) is 0 Å². The molecule has 4 heteroatoms. The second-order valence-electron chi connectivity index (χ2n) is 5.15. The quantitative estimate of drug-likeness (QED) is 0.583. The van der Waals surface area contributed by atoms with Crippen LogP contribution < -0.4 is 4.90 Å². The lowest BCUT2D eigenvalue weighted by molar-refractivity contribution is -0.113. The lowest BCUT2D eigenvalue weighted by atomic mass is 10.2. The first-order valence-electron chi connectivity index (χ1n) is 7.21. The Kier molecular flexibility index (Phi) is 4.74. The van der Waals surface area contributed by atoms with Gasteiger partial charge in [-0.2, -0.15) is 0 Å². The Labute approximate surface area is 145 Å². The summed E-state index contributed by atoms with van der Waals surface area (Å²) in [5.41, 5.74) is 3.02. The summed E-state index contributed by atoms with van der Waals surface area (Å²) in [5, 5.41) is 0. The Hall–Kier alpha value is -2.17. The summed E-state index contributed by atoms with van der Waals surface area (Å²) in [5.74, 6) is -0.0664. The van der Waals surface area contributed by atoms with Gasteiger partial charge in [-0.05, 0) is 36.3 Å². The molecule has 0 N–H and O–H groups in total. The number of aryl methyl sites for hydroxylation is 1. The summed E-state index contributed by atoms with van der Waals surface area (Å²) < 4.78 is 0.569. The van der Waals surface area contributed by atoms with Crippen molar-refractivity contribution in [3.8, 4) is 0 Å². The molecule has 2 aromatic carbocycles. The third-order valence-electron chi connectivity index (χ3n) is 3.39. The van der Waals surface area contributed by atoms with E-state index in [0.29, 0.717) is 9.23 Å². The highest BCUT2D eigenvalue weighted by Crippen LogP contribution is 2.35. The van der Waals surface area contributed by atoms with Crippen molar-refractivity contribution in [2.75, 3.05) is 4.90 Å². The van der Waals surface area contributed by atoms with Crippen molar-refractivity contribution in [3.05, 3.63) is 82.8 Å². The minimum absolute atomic E-state index is 0.0664. The standard InChI is InChI=1S/C19H15NOS2/c1-14-7-5-11-16(13-14)20-18(21)17(23-19(20)22)12-6-10-15-8-3-2-4-9-15/h2-13H,1H3/b10-6-,17-12+. The van der Waals surface area contributed by atoms with Gasteiger partial charge >= 0.3 is 0 Å². The molecule has 2 nitrogen and oxygen atoms in total. The second kappa shape index (κ2) is 6.94. The number of carbonyl (C=O) groups is 1. The molecular formula is C19H15NOS2. The van der Waals surface area contributed by atoms with Gasteiger partial charge in [0, 0.05) is 0 Å². The number of thioether (sulfide) groups is 1. The number of carbonyl (C=O) groups excluding carboxylic acids is 1. The number of rotatable bonds is 3. The molecule has 1 heterocycles. The highest BCUT2D eigenvalue weighted by molar-refractivity contribution is 8.27. The largest absolute Gasteiger partial charge is 0.270 e. The number of thiocarbonyl (C=S) groups is 1. The molecule has 0 bridgehead atoms. The van der Waals surface area contributed by atoms with E-state index < -0.39 is 0 Å². The monoisotopic (exact) mass is 337 g/mol. The molecule has 1 fully saturated rings. The molecule has 0 saturated carbocycles. The molecule has 0 atom stereocenters. The molecular weight excluding hydrogens is 322 g/mol. The Balaban J connectivity index is 1.81. The maximum atomic E-state index is 12.6. The maximum absolute atomic E-state index is 12.6. The van der Waals surface area contributed by atoms with E-state index >= 15 is 0 Å². The van der Waals surface area contributed by atoms with E-state index in [1.807, 2.05) is 79.7 Å². The summed E-state index contributed by atoms with van der Waals surface area (Å²) in [6.07, 6.45) is 5.68. The summed E-state index contributed by atoms with van der Waals surface area (Å²) in [7, 11) is 0. The molecule has 3 rings (SSSR count). The number of nitrogens with zero attached hydrogens (tertiary/aromatic N) is 1. The van der Waals surface area contributed by atoms with Crippen molar-refractivity contribution in [1.29, 1.82) is 0 Å². The molecule has 2 aromatic rings. The Bertz CT molecular complexity index is 809. The SMILES string of the molecule is Cc1cccc(N2C(=O)/C(=C\C=C/c3ccccc3)SC2=S)c1. The number of hydrogen-bond donors (Lipinski definition) is 0. The summed E-state index contributed by atoms with van der Waals surface area (Å²) in [4.78, 5) is 14.8. The number of allylic oxidation sites excluding steroid dienone is 2. The summed E-state index contributed by atoms with van der Waals surface area (Å²) in [6, 6.07) is 17.8. The highest BCUT2D eigenvalue weighted by atomic mass is 32.2. The number of amides is 1. The minimum atomic E-state index is -0.0664. The van der Waals surface area contributed by atoms with Crippen LogP contribution in [0.25, 0.3) is 6.08 Å². The van der Waals surface area contributed by atoms with Gasteiger partial charge in [0.15, 0.2) is 4.32 Å². The fourth-order valence-electron chi connectivity index (χ4n) is 2.28. The molecule has 0 spiro atoms. The van der Waals surface area contributed by atoms with Gasteiger partial charge in [0.25, 0.3) is 5.91 Å². The summed E-state index contributed by atoms with van der Waals surface area (Å²) >= 11 is 6.70. The molecule has 114 valence electrons. The van der Waals surface area contributed by atoms with Crippen LogP contribution in [-0.2, 0) is 4.79 Å². The van der Waals surface area contributed by atoms with E-state index in [9.17, 15) is 4.79 Å². The van der Waals surface area contributed by atoms with Gasteiger partial charge in [0.1, 0.15) is 0 Å². The van der Waals surface area contributed by atoms with Gasteiger partial charge < -0.3 is 0 Å². The Morgan fingerprint density at radius 2 is 1.87 bits per heavy atom. The molecule has 1 aliphatic heterocycles. The molecule has 1 aliphatic rings. The van der Waals surface area contributed by atoms with Gasteiger partial charge in [0.05, 0.1) is 10.6 Å². The van der Waals surface area contributed by atoms with Crippen molar-refractivity contribution in [3.63, 3.8) is 0 Å². The van der Waals surface area contributed by atoms with E-state index in [4.69, 9.17) is 12.2 Å². The minimum Gasteiger partial charge on any atom is -0.268 e. The van der Waals surface area contributed by atoms with Gasteiger partial charge in [-0.15, -0.1) is 0 Å². The zero-order chi connectivity index (χ0) is 16.2. The molecule has 1 amide bonds. The highest BCUT2D eigenvalue weighted by Gasteiger charge is 2.32. The number of benzene rings is 2. The third-order valence-corrected chi connectivity index (χ3v) is 4.71. The van der Waals surface area contributed by atoms with E-state index in [1.165, 1.54) is 11.8 Å². The topological polar surface area (TPSA) is 20.3 Å². The maximum Gasteiger partial charge on any atom is 0.270 e. The van der Waals surface area contributed by atoms with Crippen LogP contribution in [0.3, 0.4) is 0 Å². The molecule has 0 aliphatic carbocycles. The summed E-state index contributed by atoms with van der Waals surface area (Å²) in [6.45, 7) is 2.00. The zero-order valence-corrected chi connectivity index (χ0v) is 14.2. The van der Waals surface area contributed by atoms with Crippen molar-refractivity contribution in [2.45, 2.75) is 6.92 Å². The van der Waals surface area contributed by atoms with Gasteiger partial charge in [-0.25, -0.2) is 0 Å². The van der Waals surface area contributed by atoms with Crippen LogP contribution in [0, 0.1) is 6.92 Å². The number of anilines is 1. The lowest BCUT2D eigenvalue weighted by Gasteiger charge is -2.14. The fraction of sp³-hybridized carbons (Fsp3) is 0.0526. The Morgan fingerprint density at radius 1 is 1.09 bits per heavy atom. The van der Waals surface area contributed by atoms with E-state index in [0.717, 1.165) is 16.8 Å². The van der Waals surface area contributed by atoms with Gasteiger partial charge in [-0.1, -0.05) is 78.6 Å². The molecule has 23 heavy (non-hydrogen) atoms. The first kappa shape index (κ1) is 15.7. The Morgan fingerprint density at radius 3 is 2.61 bits per heavy atom. The van der Waals surface area contributed by atoms with Crippen molar-refractivity contribution < 1.29 is 4.79 Å². The van der Waals surface area contributed by atoms with E-state index in [2.05, 4.69) is 0 Å². The van der Waals surface area contributed by atoms with Crippen molar-refractivity contribution >= 4 is 46.0 Å². The number of hydrogen-bond acceptors (Lipinski definition) is 3. The fourth-order valence-corrected chi connectivity index (χ4v) is 3.53. The molecule has 0 unspecified atom stereocenters. The zero-order valence-electron chi connectivity index (χ0n) is 12.6. The lowest BCUT2D eigenvalue weighted by Crippen LogP contribution is -2.27. The van der Waals surface area contributed by atoms with Crippen LogP contribution in [0.4, 0.5) is 5.69 Å². The molecule has 1 saturated heterocycles. The average molecular weight is 337 g/mol. The molecule has 0 aromatic heterocycles. The first-order valence-corrected chi connectivity index (χ1v) is 8.44. The smallest absolute Gasteiger partial charge is 0.268 e. The second-order valence-corrected chi connectivity index (χ2v) is 6.82. The van der Waals surface area contributed by atoms with E-state index in [1.54, 1.807) is 4.90 Å². The van der Waals surface area contributed by atoms with Gasteiger partial charge in [-0.3, -0.25) is 9.69 Å². The van der Waals surface area contributed by atoms with Crippen LogP contribution >= 0.6 is 24.0 Å². The predicted molar refractivity (Wildman–Crippen MR) is 102 cm³/mol. The van der Waals surface area contributed by atoms with Crippen LogP contribution in [0.5, 0.6) is 0 Å². The van der Waals surface area contributed by atoms with Crippen molar-refractivity contribution in [2.24, 2.45) is 0 Å². The third kappa shape index (κ3) is 3.60. The van der Waals surface area contributed by atoms with Crippen LogP contribution in [0.1, 0.15) is 11.1 Å². The van der Waals surface area contributed by atoms with Crippen LogP contribution in [-0.4, -0.2) is 10.2 Å². The van der Waals surface area contributed by atoms with E-state index in [-0.39, 0.29) is 5.91 Å². The molecule has 0 radical (unpaired) electrons. The van der Waals surface area contributed by atoms with Crippen LogP contribution in [0.15, 0.2) is 71.7 Å².